The van der Waals surface area contributed by atoms with Crippen molar-refractivity contribution >= 4 is 34.1 Å². The first kappa shape index (κ1) is 27.8. The molecular formula is C26H29FN8O3S. The molecule has 0 saturated carbocycles. The third-order valence-corrected chi connectivity index (χ3v) is 6.77. The van der Waals surface area contributed by atoms with Crippen molar-refractivity contribution in [3.63, 3.8) is 0 Å². The van der Waals surface area contributed by atoms with Crippen molar-refractivity contribution in [1.82, 2.24) is 30.6 Å². The number of unbranched alkanes of at least 4 members (excludes halogenated alkanes) is 1. The summed E-state index contributed by atoms with van der Waals surface area (Å²) in [5.41, 5.74) is 4.11. The topological polar surface area (TPSA) is 148 Å². The molecule has 11 nitrogen and oxygen atoms in total. The Hall–Kier alpha value is -4.26. The van der Waals surface area contributed by atoms with Crippen LogP contribution in [0, 0.1) is 13.8 Å². The Bertz CT molecular complexity index is 1390. The van der Waals surface area contributed by atoms with Gasteiger partial charge in [0.1, 0.15) is 10.8 Å². The van der Waals surface area contributed by atoms with Crippen LogP contribution in [0.25, 0.3) is 0 Å². The molecule has 3 aromatic heterocycles. The van der Waals surface area contributed by atoms with Gasteiger partial charge in [0, 0.05) is 17.7 Å². The van der Waals surface area contributed by atoms with Crippen molar-refractivity contribution in [2.24, 2.45) is 0 Å². The summed E-state index contributed by atoms with van der Waals surface area (Å²) in [7, 11) is 0. The van der Waals surface area contributed by atoms with Crippen LogP contribution in [0.1, 0.15) is 46.1 Å². The summed E-state index contributed by atoms with van der Waals surface area (Å²) in [6, 6.07) is 10.3. The van der Waals surface area contributed by atoms with Gasteiger partial charge in [-0.15, -0.1) is 15.3 Å². The van der Waals surface area contributed by atoms with E-state index in [9.17, 15) is 14.0 Å². The van der Waals surface area contributed by atoms with E-state index >= 15 is 0 Å². The van der Waals surface area contributed by atoms with Crippen LogP contribution in [0.2, 0.25) is 0 Å². The highest BCUT2D eigenvalue weighted by molar-refractivity contribution is 7.15. The molecule has 4 aromatic rings. The molecule has 0 aliphatic rings. The maximum Gasteiger partial charge on any atom is 0.230 e. The minimum atomic E-state index is -0.923. The van der Waals surface area contributed by atoms with Crippen LogP contribution < -0.4 is 15.4 Å². The largest absolute Gasteiger partial charge is 0.463 e. The third-order valence-electron chi connectivity index (χ3n) is 5.88. The zero-order chi connectivity index (χ0) is 27.6. The molecule has 1 aromatic carbocycles. The number of amides is 2. The number of aromatic amines is 1. The molecule has 0 atom stereocenters. The normalized spacial score (nSPS) is 10.8. The third kappa shape index (κ3) is 8.37. The van der Waals surface area contributed by atoms with Gasteiger partial charge in [-0.2, -0.15) is 10.2 Å². The fraction of sp³-hybridized carbons (Fsp3) is 0.346. The molecule has 0 aliphatic carbocycles. The van der Waals surface area contributed by atoms with Gasteiger partial charge in [0.2, 0.25) is 23.8 Å². The number of alkyl halides is 1. The predicted octanol–water partition coefficient (Wildman–Crippen LogP) is 3.90. The number of carbonyl (C=O) groups excluding carboxylic acids is 2. The second-order valence-electron chi connectivity index (χ2n) is 8.88. The molecule has 0 unspecified atom stereocenters. The monoisotopic (exact) mass is 552 g/mol. The van der Waals surface area contributed by atoms with E-state index in [1.807, 2.05) is 19.9 Å². The molecule has 4 rings (SSSR count). The predicted molar refractivity (Wildman–Crippen MR) is 144 cm³/mol. The number of hydrogen-bond acceptors (Lipinski definition) is 9. The van der Waals surface area contributed by atoms with Crippen LogP contribution in [0.15, 0.2) is 36.4 Å². The van der Waals surface area contributed by atoms with Crippen molar-refractivity contribution in [2.45, 2.75) is 52.4 Å². The molecule has 0 fully saturated rings. The van der Waals surface area contributed by atoms with Gasteiger partial charge in [-0.3, -0.25) is 14.7 Å². The second-order valence-corrected chi connectivity index (χ2v) is 9.94. The number of aromatic nitrogens is 6. The first-order valence-electron chi connectivity index (χ1n) is 12.4. The van der Waals surface area contributed by atoms with Crippen LogP contribution in [0.5, 0.6) is 5.75 Å². The number of aryl methyl sites for hydroxylation is 4. The van der Waals surface area contributed by atoms with Gasteiger partial charge in [0.15, 0.2) is 5.82 Å². The lowest BCUT2D eigenvalue weighted by atomic mass is 10.1. The highest BCUT2D eigenvalue weighted by Crippen LogP contribution is 2.19. The number of rotatable bonds is 13. The fourth-order valence-electron chi connectivity index (χ4n) is 3.89. The molecular weight excluding hydrogens is 523 g/mol. The van der Waals surface area contributed by atoms with E-state index in [1.54, 1.807) is 30.3 Å². The maximum absolute atomic E-state index is 12.3. The van der Waals surface area contributed by atoms with Crippen LogP contribution in [-0.4, -0.2) is 49.3 Å². The lowest BCUT2D eigenvalue weighted by molar-refractivity contribution is -0.116. The number of nitrogens with zero attached hydrogens (tertiary/aromatic N) is 5. The fourth-order valence-corrected chi connectivity index (χ4v) is 4.68. The van der Waals surface area contributed by atoms with Gasteiger partial charge in [-0.25, -0.2) is 4.39 Å². The van der Waals surface area contributed by atoms with Crippen LogP contribution in [0.3, 0.4) is 0 Å². The Kier molecular flexibility index (Phi) is 9.62. The van der Waals surface area contributed by atoms with Gasteiger partial charge >= 0.3 is 0 Å². The highest BCUT2D eigenvalue weighted by atomic mass is 32.1. The van der Waals surface area contributed by atoms with E-state index in [-0.39, 0.29) is 24.7 Å². The summed E-state index contributed by atoms with van der Waals surface area (Å²) in [5.74, 6) is 0.327. The number of carbonyl (C=O) groups is 2. The summed E-state index contributed by atoms with van der Waals surface area (Å²) in [5, 5.41) is 30.4. The number of halogens is 1. The smallest absolute Gasteiger partial charge is 0.230 e. The summed E-state index contributed by atoms with van der Waals surface area (Å²) in [6.07, 6.45) is 3.56. The molecule has 3 heterocycles. The Morgan fingerprint density at radius 3 is 2.54 bits per heavy atom. The first-order valence-corrected chi connectivity index (χ1v) is 13.2. The number of ether oxygens (including phenoxy) is 1. The maximum atomic E-state index is 12.3. The van der Waals surface area contributed by atoms with E-state index in [4.69, 9.17) is 4.74 Å². The Morgan fingerprint density at radius 1 is 0.974 bits per heavy atom. The molecule has 0 bridgehead atoms. The van der Waals surface area contributed by atoms with Crippen molar-refractivity contribution in [2.75, 3.05) is 17.5 Å². The molecule has 0 spiro atoms. The molecule has 0 aliphatic heterocycles. The summed E-state index contributed by atoms with van der Waals surface area (Å²) in [4.78, 5) is 24.7. The summed E-state index contributed by atoms with van der Waals surface area (Å²) in [6.45, 7) is 2.83. The summed E-state index contributed by atoms with van der Waals surface area (Å²) < 4.78 is 17.2. The number of benzene rings is 1. The molecule has 0 saturated heterocycles. The molecule has 3 N–H and O–H groups in total. The summed E-state index contributed by atoms with van der Waals surface area (Å²) >= 11 is 1.37. The van der Waals surface area contributed by atoms with Crippen LogP contribution in [-0.2, 0) is 35.3 Å². The SMILES string of the molecule is Cc1n[nH]c(C)c1CC(=O)Nc1nnc(CCCCc2ccc(NC(=O)Cc3cccc(OCF)c3)nn2)s1. The molecule has 13 heteroatoms. The number of nitrogens with one attached hydrogen (secondary N) is 3. The zero-order valence-electron chi connectivity index (χ0n) is 21.7. The lowest BCUT2D eigenvalue weighted by Crippen LogP contribution is -2.16. The van der Waals surface area contributed by atoms with E-state index < -0.39 is 6.86 Å². The zero-order valence-corrected chi connectivity index (χ0v) is 22.5. The van der Waals surface area contributed by atoms with E-state index in [0.29, 0.717) is 22.3 Å². The van der Waals surface area contributed by atoms with Crippen LogP contribution in [0.4, 0.5) is 15.3 Å². The van der Waals surface area contributed by atoms with Gasteiger partial charge in [-0.05, 0) is 62.9 Å². The number of hydrogen-bond donors (Lipinski definition) is 3. The Labute approximate surface area is 228 Å². The van der Waals surface area contributed by atoms with Crippen LogP contribution >= 0.6 is 11.3 Å². The highest BCUT2D eigenvalue weighted by Gasteiger charge is 2.14. The Morgan fingerprint density at radius 2 is 1.79 bits per heavy atom. The van der Waals surface area contributed by atoms with Gasteiger partial charge in [0.05, 0.1) is 24.2 Å². The van der Waals surface area contributed by atoms with E-state index in [0.717, 1.165) is 53.3 Å². The minimum Gasteiger partial charge on any atom is -0.463 e. The van der Waals surface area contributed by atoms with Crippen molar-refractivity contribution in [1.29, 1.82) is 0 Å². The first-order chi connectivity index (χ1) is 18.9. The van der Waals surface area contributed by atoms with Crippen molar-refractivity contribution in [3.8, 4) is 5.75 Å². The quantitative estimate of drug-likeness (QED) is 0.212. The minimum absolute atomic E-state index is 0.105. The number of H-pyrrole nitrogens is 1. The van der Waals surface area contributed by atoms with Crippen molar-refractivity contribution in [3.05, 3.63) is 69.6 Å². The molecule has 2 amide bonds. The van der Waals surface area contributed by atoms with Gasteiger partial charge < -0.3 is 15.4 Å². The standard InChI is InChI=1S/C26H29FN8O3S/c1-16-21(17(2)31-30-16)14-24(37)29-26-35-34-25(39-26)9-4-3-7-19-10-11-22(33-32-19)28-23(36)13-18-6-5-8-20(12-18)38-15-27/h5-6,8,10-12H,3-4,7,9,13-15H2,1-2H3,(H,30,31)(H,28,33,36)(H,29,35,37). The molecule has 39 heavy (non-hydrogen) atoms. The lowest BCUT2D eigenvalue weighted by Gasteiger charge is -2.06. The Balaban J connectivity index is 1.16. The molecule has 0 radical (unpaired) electrons. The second kappa shape index (κ2) is 13.5. The average Bonchev–Trinajstić information content (AvgIpc) is 3.49. The number of anilines is 2. The van der Waals surface area contributed by atoms with Gasteiger partial charge in [0.25, 0.3) is 0 Å². The van der Waals surface area contributed by atoms with Crippen molar-refractivity contribution < 1.29 is 18.7 Å². The van der Waals surface area contributed by atoms with E-state index in [2.05, 4.69) is 41.2 Å². The molecule has 204 valence electrons. The van der Waals surface area contributed by atoms with E-state index in [1.165, 1.54) is 11.3 Å². The average molecular weight is 553 g/mol. The van der Waals surface area contributed by atoms with Gasteiger partial charge in [-0.1, -0.05) is 23.5 Å².